The first-order chi connectivity index (χ1) is 11.0. The molecule has 1 N–H and O–H groups in total. The van der Waals surface area contributed by atoms with Gasteiger partial charge in [-0.25, -0.2) is 9.59 Å². The number of ether oxygens (including phenoxy) is 3. The quantitative estimate of drug-likeness (QED) is 0.910. The van der Waals surface area contributed by atoms with Crippen molar-refractivity contribution in [2.75, 3.05) is 19.8 Å². The molecule has 1 atom stereocenters. The predicted molar refractivity (Wildman–Crippen MR) is 78.6 cm³/mol. The van der Waals surface area contributed by atoms with Crippen LogP contribution in [0.25, 0.3) is 0 Å². The lowest BCUT2D eigenvalue weighted by atomic mass is 9.97. The minimum Gasteiger partial charge on any atom is -0.480 e. The fourth-order valence-electron chi connectivity index (χ4n) is 3.04. The largest absolute Gasteiger partial charge is 0.480 e. The zero-order chi connectivity index (χ0) is 16.5. The molecule has 0 aromatic heterocycles. The van der Waals surface area contributed by atoms with Gasteiger partial charge in [0.15, 0.2) is 5.79 Å². The van der Waals surface area contributed by atoms with Gasteiger partial charge in [-0.05, 0) is 12.5 Å². The second kappa shape index (κ2) is 5.82. The van der Waals surface area contributed by atoms with E-state index in [4.69, 9.17) is 14.2 Å². The van der Waals surface area contributed by atoms with Crippen molar-refractivity contribution in [2.45, 2.75) is 31.3 Å². The van der Waals surface area contributed by atoms with Crippen LogP contribution in [0.2, 0.25) is 0 Å². The standard InChI is InChI=1S/C16H19NO6/c1-15(13(18)19)10-16(22-7-8-23-16)11-17(15)14(20)21-9-12-5-3-2-4-6-12/h2-6H,7-11H2,1H3,(H,18,19)/t15-/m0/s1. The highest BCUT2D eigenvalue weighted by atomic mass is 16.7. The molecule has 1 amide bonds. The zero-order valence-corrected chi connectivity index (χ0v) is 12.9. The molecular formula is C16H19NO6. The van der Waals surface area contributed by atoms with Gasteiger partial charge in [0.2, 0.25) is 0 Å². The zero-order valence-electron chi connectivity index (χ0n) is 12.9. The summed E-state index contributed by atoms with van der Waals surface area (Å²) in [5.74, 6) is -2.15. The van der Waals surface area contributed by atoms with Gasteiger partial charge < -0.3 is 19.3 Å². The van der Waals surface area contributed by atoms with Crippen LogP contribution in [0.4, 0.5) is 4.79 Å². The van der Waals surface area contributed by atoms with Gasteiger partial charge in [-0.1, -0.05) is 30.3 Å². The Balaban J connectivity index is 1.73. The highest BCUT2D eigenvalue weighted by Crippen LogP contribution is 2.41. The van der Waals surface area contributed by atoms with Crippen LogP contribution >= 0.6 is 0 Å². The van der Waals surface area contributed by atoms with Crippen molar-refractivity contribution < 1.29 is 28.9 Å². The molecule has 2 aliphatic heterocycles. The van der Waals surface area contributed by atoms with Gasteiger partial charge in [-0.15, -0.1) is 0 Å². The molecule has 0 radical (unpaired) electrons. The molecule has 0 saturated carbocycles. The Kier molecular flexibility index (Phi) is 3.99. The summed E-state index contributed by atoms with van der Waals surface area (Å²) in [5, 5.41) is 9.56. The summed E-state index contributed by atoms with van der Waals surface area (Å²) >= 11 is 0. The molecule has 3 rings (SSSR count). The van der Waals surface area contributed by atoms with Gasteiger partial charge in [0.1, 0.15) is 12.1 Å². The smallest absolute Gasteiger partial charge is 0.411 e. The first kappa shape index (κ1) is 15.8. The lowest BCUT2D eigenvalue weighted by molar-refractivity contribution is -0.155. The van der Waals surface area contributed by atoms with Crippen molar-refractivity contribution in [3.05, 3.63) is 35.9 Å². The molecule has 7 heteroatoms. The monoisotopic (exact) mass is 321 g/mol. The molecule has 1 aromatic carbocycles. The molecule has 2 fully saturated rings. The lowest BCUT2D eigenvalue weighted by Crippen LogP contribution is -2.50. The Morgan fingerprint density at radius 3 is 2.52 bits per heavy atom. The SMILES string of the molecule is C[C@@]1(C(=O)O)CC2(CN1C(=O)OCc1ccccc1)OCCO2. The fourth-order valence-corrected chi connectivity index (χ4v) is 3.04. The summed E-state index contributed by atoms with van der Waals surface area (Å²) in [6.07, 6.45) is -0.606. The van der Waals surface area contributed by atoms with E-state index >= 15 is 0 Å². The first-order valence-corrected chi connectivity index (χ1v) is 7.45. The number of nitrogens with zero attached hydrogens (tertiary/aromatic N) is 1. The average molecular weight is 321 g/mol. The Labute approximate surface area is 133 Å². The van der Waals surface area contributed by atoms with Crippen LogP contribution in [0.15, 0.2) is 30.3 Å². The molecule has 2 aliphatic rings. The number of likely N-dealkylation sites (tertiary alicyclic amines) is 1. The van der Waals surface area contributed by atoms with Crippen LogP contribution in [0, 0.1) is 0 Å². The molecule has 124 valence electrons. The van der Waals surface area contributed by atoms with Gasteiger partial charge >= 0.3 is 12.1 Å². The third-order valence-corrected chi connectivity index (χ3v) is 4.31. The Bertz CT molecular complexity index is 598. The van der Waals surface area contributed by atoms with Gasteiger partial charge in [-0.2, -0.15) is 0 Å². The van der Waals surface area contributed by atoms with E-state index in [-0.39, 0.29) is 19.6 Å². The molecule has 23 heavy (non-hydrogen) atoms. The third kappa shape index (κ3) is 2.89. The van der Waals surface area contributed by atoms with Crippen molar-refractivity contribution in [1.82, 2.24) is 4.90 Å². The highest BCUT2D eigenvalue weighted by molar-refractivity contribution is 5.85. The maximum atomic E-state index is 12.4. The number of hydrogen-bond acceptors (Lipinski definition) is 5. The number of aliphatic carboxylic acids is 1. The number of hydrogen-bond donors (Lipinski definition) is 1. The summed E-state index contributed by atoms with van der Waals surface area (Å²) < 4.78 is 16.4. The Hall–Kier alpha value is -2.12. The topological polar surface area (TPSA) is 85.3 Å². The van der Waals surface area contributed by atoms with Crippen molar-refractivity contribution in [3.63, 3.8) is 0 Å². The van der Waals surface area contributed by atoms with E-state index in [2.05, 4.69) is 0 Å². The molecule has 0 aliphatic carbocycles. The molecule has 0 bridgehead atoms. The first-order valence-electron chi connectivity index (χ1n) is 7.45. The maximum absolute atomic E-state index is 12.4. The van der Waals surface area contributed by atoms with Crippen molar-refractivity contribution >= 4 is 12.1 Å². The summed E-state index contributed by atoms with van der Waals surface area (Å²) in [4.78, 5) is 25.3. The summed E-state index contributed by atoms with van der Waals surface area (Å²) in [5.41, 5.74) is -0.585. The lowest BCUT2D eigenvalue weighted by Gasteiger charge is -2.29. The minimum absolute atomic E-state index is 0.0451. The number of benzene rings is 1. The molecule has 2 saturated heterocycles. The van der Waals surface area contributed by atoms with E-state index in [1.165, 1.54) is 11.8 Å². The van der Waals surface area contributed by atoms with Crippen molar-refractivity contribution in [2.24, 2.45) is 0 Å². The number of carboxylic acid groups (broad SMARTS) is 1. The van der Waals surface area contributed by atoms with Crippen LogP contribution in [0.3, 0.4) is 0 Å². The predicted octanol–water partition coefficient (Wildman–Crippen LogP) is 1.62. The van der Waals surface area contributed by atoms with Crippen molar-refractivity contribution in [3.8, 4) is 0 Å². The van der Waals surface area contributed by atoms with Crippen LogP contribution in [0.5, 0.6) is 0 Å². The number of carboxylic acids is 1. The maximum Gasteiger partial charge on any atom is 0.411 e. The van der Waals surface area contributed by atoms with E-state index in [1.807, 2.05) is 30.3 Å². The van der Waals surface area contributed by atoms with E-state index in [9.17, 15) is 14.7 Å². The van der Waals surface area contributed by atoms with E-state index < -0.39 is 23.4 Å². The molecular weight excluding hydrogens is 302 g/mol. The van der Waals surface area contributed by atoms with E-state index in [0.717, 1.165) is 5.56 Å². The number of carbonyl (C=O) groups is 2. The minimum atomic E-state index is -1.42. The average Bonchev–Trinajstić information content (AvgIpc) is 3.11. The molecule has 0 unspecified atom stereocenters. The van der Waals surface area contributed by atoms with Crippen LogP contribution in [-0.2, 0) is 25.6 Å². The Morgan fingerprint density at radius 2 is 1.91 bits per heavy atom. The van der Waals surface area contributed by atoms with Crippen LogP contribution in [-0.4, -0.2) is 53.2 Å². The highest BCUT2D eigenvalue weighted by Gasteiger charge is 2.60. The molecule has 1 spiro atoms. The summed E-state index contributed by atoms with van der Waals surface area (Å²) in [6.45, 7) is 2.40. The summed E-state index contributed by atoms with van der Waals surface area (Å²) in [7, 11) is 0. The second-order valence-electron chi connectivity index (χ2n) is 5.99. The number of carbonyl (C=O) groups excluding carboxylic acids is 1. The molecule has 1 aromatic rings. The summed E-state index contributed by atoms with van der Waals surface area (Å²) in [6, 6.07) is 9.22. The molecule has 7 nitrogen and oxygen atoms in total. The van der Waals surface area contributed by atoms with Gasteiger partial charge in [-0.3, -0.25) is 4.90 Å². The molecule has 2 heterocycles. The normalized spacial score (nSPS) is 25.7. The van der Waals surface area contributed by atoms with E-state index in [1.54, 1.807) is 0 Å². The van der Waals surface area contributed by atoms with Crippen LogP contribution in [0.1, 0.15) is 18.9 Å². The van der Waals surface area contributed by atoms with Gasteiger partial charge in [0.25, 0.3) is 0 Å². The van der Waals surface area contributed by atoms with E-state index in [0.29, 0.717) is 13.2 Å². The van der Waals surface area contributed by atoms with Gasteiger partial charge in [0.05, 0.1) is 19.8 Å². The second-order valence-corrected chi connectivity index (χ2v) is 5.99. The number of amides is 1. The third-order valence-electron chi connectivity index (χ3n) is 4.31. The fraction of sp³-hybridized carbons (Fsp3) is 0.500. The van der Waals surface area contributed by atoms with Gasteiger partial charge in [0, 0.05) is 6.42 Å². The van der Waals surface area contributed by atoms with Crippen molar-refractivity contribution in [1.29, 1.82) is 0 Å². The Morgan fingerprint density at radius 1 is 1.26 bits per heavy atom. The van der Waals surface area contributed by atoms with Crippen LogP contribution < -0.4 is 0 Å². The number of rotatable bonds is 3.